The number of nitrogens with two attached hydrogens (primary N) is 1. The molecule has 8 heteroatoms. The molecular formula is C15H14ClFN2O3S. The van der Waals surface area contributed by atoms with Gasteiger partial charge in [-0.3, -0.25) is 9.10 Å². The molecule has 122 valence electrons. The van der Waals surface area contributed by atoms with Gasteiger partial charge in [-0.15, -0.1) is 0 Å². The van der Waals surface area contributed by atoms with E-state index < -0.39 is 21.7 Å². The molecule has 0 aliphatic carbocycles. The molecule has 0 bridgehead atoms. The highest BCUT2D eigenvalue weighted by Gasteiger charge is 2.27. The Labute approximate surface area is 138 Å². The molecule has 0 heterocycles. The third-order valence-corrected chi connectivity index (χ3v) is 5.38. The normalized spacial score (nSPS) is 11.2. The van der Waals surface area contributed by atoms with Crippen LogP contribution in [0.4, 0.5) is 10.1 Å². The summed E-state index contributed by atoms with van der Waals surface area (Å²) in [6.45, 7) is -0.172. The zero-order chi connectivity index (χ0) is 17.0. The average Bonchev–Trinajstić information content (AvgIpc) is 2.50. The maximum absolute atomic E-state index is 13.4. The minimum atomic E-state index is -4.15. The van der Waals surface area contributed by atoms with Crippen molar-refractivity contribution in [2.45, 2.75) is 11.3 Å². The lowest BCUT2D eigenvalue weighted by Crippen LogP contribution is -2.34. The predicted molar refractivity (Wildman–Crippen MR) is 86.2 cm³/mol. The van der Waals surface area contributed by atoms with E-state index in [-0.39, 0.29) is 22.9 Å². The van der Waals surface area contributed by atoms with Crippen molar-refractivity contribution in [3.8, 4) is 0 Å². The van der Waals surface area contributed by atoms with E-state index in [0.29, 0.717) is 5.69 Å². The maximum Gasteiger partial charge on any atom is 0.265 e. The molecule has 5 nitrogen and oxygen atoms in total. The van der Waals surface area contributed by atoms with Gasteiger partial charge in [0.2, 0.25) is 5.91 Å². The van der Waals surface area contributed by atoms with Gasteiger partial charge in [0.1, 0.15) is 10.7 Å². The predicted octanol–water partition coefficient (Wildman–Crippen LogP) is 2.55. The summed E-state index contributed by atoms with van der Waals surface area (Å²) in [4.78, 5) is 10.7. The van der Waals surface area contributed by atoms with E-state index in [1.807, 2.05) is 0 Å². The molecule has 0 radical (unpaired) electrons. The van der Waals surface area contributed by atoms with Gasteiger partial charge in [0.25, 0.3) is 10.0 Å². The fourth-order valence-electron chi connectivity index (χ4n) is 1.99. The lowest BCUT2D eigenvalue weighted by molar-refractivity contribution is -0.117. The molecule has 2 aromatic carbocycles. The van der Waals surface area contributed by atoms with Crippen molar-refractivity contribution in [3.05, 3.63) is 59.4 Å². The molecule has 1 amide bonds. The van der Waals surface area contributed by atoms with Crippen molar-refractivity contribution in [1.29, 1.82) is 0 Å². The maximum atomic E-state index is 13.4. The number of carbonyl (C=O) groups excluding carboxylic acids is 1. The SMILES string of the molecule is NC(=O)CCN(c1ccccc1)S(=O)(=O)c1cc(F)ccc1Cl. The second-order valence-electron chi connectivity index (χ2n) is 4.70. The first-order chi connectivity index (χ1) is 10.8. The number of sulfonamides is 1. The van der Waals surface area contributed by atoms with Crippen LogP contribution in [-0.4, -0.2) is 20.9 Å². The molecular weight excluding hydrogens is 343 g/mol. The van der Waals surface area contributed by atoms with Gasteiger partial charge in [0.05, 0.1) is 10.7 Å². The molecule has 23 heavy (non-hydrogen) atoms. The number of hydrogen-bond acceptors (Lipinski definition) is 3. The van der Waals surface area contributed by atoms with Crippen LogP contribution in [0.25, 0.3) is 0 Å². The van der Waals surface area contributed by atoms with Gasteiger partial charge in [-0.25, -0.2) is 12.8 Å². The molecule has 0 unspecified atom stereocenters. The van der Waals surface area contributed by atoms with E-state index in [0.717, 1.165) is 16.4 Å². The van der Waals surface area contributed by atoms with Crippen molar-refractivity contribution in [3.63, 3.8) is 0 Å². The number of amides is 1. The molecule has 2 N–H and O–H groups in total. The fourth-order valence-corrected chi connectivity index (χ4v) is 3.94. The van der Waals surface area contributed by atoms with E-state index in [2.05, 4.69) is 0 Å². The minimum absolute atomic E-state index is 0.105. The Kier molecular flexibility index (Phi) is 5.23. The lowest BCUT2D eigenvalue weighted by atomic mass is 10.3. The van der Waals surface area contributed by atoms with Crippen molar-refractivity contribution in [2.24, 2.45) is 5.73 Å². The summed E-state index contributed by atoms with van der Waals surface area (Å²) in [7, 11) is -4.15. The molecule has 0 fully saturated rings. The van der Waals surface area contributed by atoms with Crippen LogP contribution in [0.1, 0.15) is 6.42 Å². The summed E-state index contributed by atoms with van der Waals surface area (Å²) in [6.07, 6.45) is -0.180. The molecule has 2 aromatic rings. The van der Waals surface area contributed by atoms with Gasteiger partial charge in [-0.1, -0.05) is 29.8 Å². The zero-order valence-corrected chi connectivity index (χ0v) is 13.5. The third-order valence-electron chi connectivity index (χ3n) is 3.07. The summed E-state index contributed by atoms with van der Waals surface area (Å²) < 4.78 is 40.1. The van der Waals surface area contributed by atoms with Crippen molar-refractivity contribution in [1.82, 2.24) is 0 Å². The van der Waals surface area contributed by atoms with Gasteiger partial charge < -0.3 is 5.73 Å². The summed E-state index contributed by atoms with van der Waals surface area (Å²) in [6, 6.07) is 11.2. The van der Waals surface area contributed by atoms with Gasteiger partial charge in [0.15, 0.2) is 0 Å². The highest BCUT2D eigenvalue weighted by Crippen LogP contribution is 2.29. The van der Waals surface area contributed by atoms with E-state index in [4.69, 9.17) is 17.3 Å². The molecule has 0 saturated heterocycles. The number of rotatable bonds is 6. The number of para-hydroxylation sites is 1. The Hall–Kier alpha value is -2.12. The largest absolute Gasteiger partial charge is 0.370 e. The summed E-state index contributed by atoms with van der Waals surface area (Å²) in [5, 5.41) is -0.105. The van der Waals surface area contributed by atoms with Gasteiger partial charge >= 0.3 is 0 Å². The van der Waals surface area contributed by atoms with E-state index in [1.165, 1.54) is 6.07 Å². The number of nitrogens with zero attached hydrogens (tertiary/aromatic N) is 1. The fraction of sp³-hybridized carbons (Fsp3) is 0.133. The Morgan fingerprint density at radius 2 is 1.83 bits per heavy atom. The number of carbonyl (C=O) groups is 1. The quantitative estimate of drug-likeness (QED) is 0.863. The Morgan fingerprint density at radius 3 is 2.43 bits per heavy atom. The van der Waals surface area contributed by atoms with E-state index in [9.17, 15) is 17.6 Å². The van der Waals surface area contributed by atoms with Crippen molar-refractivity contribution < 1.29 is 17.6 Å². The van der Waals surface area contributed by atoms with Crippen LogP contribution in [-0.2, 0) is 14.8 Å². The highest BCUT2D eigenvalue weighted by atomic mass is 35.5. The molecule has 0 aromatic heterocycles. The number of hydrogen-bond donors (Lipinski definition) is 1. The number of halogens is 2. The van der Waals surface area contributed by atoms with E-state index in [1.54, 1.807) is 30.3 Å². The van der Waals surface area contributed by atoms with Gasteiger partial charge in [-0.2, -0.15) is 0 Å². The number of benzene rings is 2. The second-order valence-corrected chi connectivity index (χ2v) is 6.94. The van der Waals surface area contributed by atoms with Crippen LogP contribution in [0.2, 0.25) is 5.02 Å². The lowest BCUT2D eigenvalue weighted by Gasteiger charge is -2.24. The number of primary amides is 1. The summed E-state index contributed by atoms with van der Waals surface area (Å²) in [5.74, 6) is -1.37. The Bertz CT molecular complexity index is 813. The Balaban J connectivity index is 2.52. The number of anilines is 1. The first-order valence-corrected chi connectivity index (χ1v) is 8.45. The topological polar surface area (TPSA) is 80.5 Å². The van der Waals surface area contributed by atoms with Crippen LogP contribution in [0.15, 0.2) is 53.4 Å². The summed E-state index contributed by atoms with van der Waals surface area (Å²) >= 11 is 5.91. The monoisotopic (exact) mass is 356 g/mol. The van der Waals surface area contributed by atoms with Crippen LogP contribution in [0.3, 0.4) is 0 Å². The van der Waals surface area contributed by atoms with Crippen LogP contribution in [0, 0.1) is 5.82 Å². The molecule has 0 saturated carbocycles. The molecule has 0 aliphatic heterocycles. The smallest absolute Gasteiger partial charge is 0.265 e. The summed E-state index contributed by atoms with van der Waals surface area (Å²) in [5.41, 5.74) is 5.44. The van der Waals surface area contributed by atoms with Crippen LogP contribution < -0.4 is 10.0 Å². The van der Waals surface area contributed by atoms with Gasteiger partial charge in [0, 0.05) is 13.0 Å². The van der Waals surface area contributed by atoms with Gasteiger partial charge in [-0.05, 0) is 30.3 Å². The third kappa shape index (κ3) is 4.00. The second kappa shape index (κ2) is 6.97. The van der Waals surface area contributed by atoms with Crippen molar-refractivity contribution in [2.75, 3.05) is 10.8 Å². The molecule has 0 atom stereocenters. The van der Waals surface area contributed by atoms with Crippen LogP contribution in [0.5, 0.6) is 0 Å². The first-order valence-electron chi connectivity index (χ1n) is 6.63. The standard InChI is InChI=1S/C15H14ClFN2O3S/c16-13-7-6-11(17)10-14(13)23(21,22)19(9-8-15(18)20)12-4-2-1-3-5-12/h1-7,10H,8-9H2,(H2,18,20). The Morgan fingerprint density at radius 1 is 1.17 bits per heavy atom. The molecule has 2 rings (SSSR count). The first kappa shape index (κ1) is 17.2. The average molecular weight is 357 g/mol. The highest BCUT2D eigenvalue weighted by molar-refractivity contribution is 7.93. The molecule has 0 spiro atoms. The molecule has 0 aliphatic rings. The van der Waals surface area contributed by atoms with E-state index >= 15 is 0 Å². The van der Waals surface area contributed by atoms with Crippen molar-refractivity contribution >= 4 is 33.2 Å². The minimum Gasteiger partial charge on any atom is -0.370 e. The zero-order valence-electron chi connectivity index (χ0n) is 11.9. The van der Waals surface area contributed by atoms with Crippen LogP contribution >= 0.6 is 11.6 Å².